The Balaban J connectivity index is 2.55. The van der Waals surface area contributed by atoms with Gasteiger partial charge in [-0.15, -0.1) is 6.58 Å². The molecular formula is C11H19N3O2. The first-order chi connectivity index (χ1) is 7.63. The van der Waals surface area contributed by atoms with Crippen LogP contribution in [0.25, 0.3) is 0 Å². The van der Waals surface area contributed by atoms with Crippen molar-refractivity contribution in [1.29, 1.82) is 0 Å². The fourth-order valence-corrected chi connectivity index (χ4v) is 1.64. The van der Waals surface area contributed by atoms with Gasteiger partial charge in [0.05, 0.1) is 12.6 Å². The van der Waals surface area contributed by atoms with Gasteiger partial charge in [0.2, 0.25) is 5.91 Å². The highest BCUT2D eigenvalue weighted by Gasteiger charge is 2.21. The fraction of sp³-hybridized carbons (Fsp3) is 0.545. The molecule has 1 rings (SSSR count). The molecule has 1 amide bonds. The molecule has 0 bridgehead atoms. The highest BCUT2D eigenvalue weighted by molar-refractivity contribution is 5.76. The zero-order valence-electron chi connectivity index (χ0n) is 9.53. The molecule has 1 aliphatic heterocycles. The van der Waals surface area contributed by atoms with E-state index in [1.807, 2.05) is 13.0 Å². The van der Waals surface area contributed by atoms with Crippen LogP contribution in [0.1, 0.15) is 13.3 Å². The summed E-state index contributed by atoms with van der Waals surface area (Å²) < 4.78 is 0. The first kappa shape index (κ1) is 12.9. The van der Waals surface area contributed by atoms with Gasteiger partial charge >= 0.3 is 0 Å². The Morgan fingerprint density at radius 3 is 3.25 bits per heavy atom. The van der Waals surface area contributed by atoms with Gasteiger partial charge in [0.15, 0.2) is 0 Å². The summed E-state index contributed by atoms with van der Waals surface area (Å²) in [5.41, 5.74) is 9.06. The van der Waals surface area contributed by atoms with Crippen LogP contribution in [0.3, 0.4) is 0 Å². The summed E-state index contributed by atoms with van der Waals surface area (Å²) in [7, 11) is 0. The third-order valence-corrected chi connectivity index (χ3v) is 2.36. The SMILES string of the molecule is C=CCON[C@H]1CNC(C)C=C1CC(N)=O. The van der Waals surface area contributed by atoms with Crippen LogP contribution < -0.4 is 16.5 Å². The Kier molecular flexibility index (Phi) is 5.18. The number of carbonyl (C=O) groups excluding carboxylic acids is 1. The van der Waals surface area contributed by atoms with E-state index in [-0.39, 0.29) is 24.4 Å². The molecule has 2 atom stereocenters. The second-order valence-corrected chi connectivity index (χ2v) is 3.85. The fourth-order valence-electron chi connectivity index (χ4n) is 1.64. The number of hydrogen-bond donors (Lipinski definition) is 3. The van der Waals surface area contributed by atoms with Crippen LogP contribution in [0.5, 0.6) is 0 Å². The summed E-state index contributed by atoms with van der Waals surface area (Å²) in [6.45, 7) is 6.73. The van der Waals surface area contributed by atoms with Crippen molar-refractivity contribution in [3.8, 4) is 0 Å². The van der Waals surface area contributed by atoms with Crippen molar-refractivity contribution in [3.05, 3.63) is 24.3 Å². The van der Waals surface area contributed by atoms with Crippen LogP contribution in [0, 0.1) is 0 Å². The lowest BCUT2D eigenvalue weighted by atomic mass is 9.98. The average Bonchev–Trinajstić information content (AvgIpc) is 2.20. The van der Waals surface area contributed by atoms with E-state index in [0.29, 0.717) is 6.61 Å². The number of amides is 1. The second-order valence-electron chi connectivity index (χ2n) is 3.85. The van der Waals surface area contributed by atoms with Crippen molar-refractivity contribution >= 4 is 5.91 Å². The number of primary amides is 1. The van der Waals surface area contributed by atoms with Gasteiger partial charge in [-0.2, -0.15) is 5.48 Å². The third-order valence-electron chi connectivity index (χ3n) is 2.36. The highest BCUT2D eigenvalue weighted by Crippen LogP contribution is 2.13. The van der Waals surface area contributed by atoms with Crippen LogP contribution in [0.15, 0.2) is 24.3 Å². The van der Waals surface area contributed by atoms with Gasteiger partial charge in [0.25, 0.3) is 0 Å². The molecule has 0 radical (unpaired) electrons. The monoisotopic (exact) mass is 225 g/mol. The van der Waals surface area contributed by atoms with E-state index in [2.05, 4.69) is 17.4 Å². The van der Waals surface area contributed by atoms with Gasteiger partial charge in [0, 0.05) is 19.0 Å². The lowest BCUT2D eigenvalue weighted by molar-refractivity contribution is -0.117. The van der Waals surface area contributed by atoms with Gasteiger partial charge in [0.1, 0.15) is 0 Å². The zero-order valence-corrected chi connectivity index (χ0v) is 9.53. The van der Waals surface area contributed by atoms with Crippen molar-refractivity contribution in [2.45, 2.75) is 25.4 Å². The molecule has 5 nitrogen and oxygen atoms in total. The molecule has 0 aromatic heterocycles. The molecule has 0 aromatic carbocycles. The summed E-state index contributed by atoms with van der Waals surface area (Å²) in [5, 5.41) is 3.27. The molecule has 0 aliphatic carbocycles. The van der Waals surface area contributed by atoms with E-state index in [1.165, 1.54) is 0 Å². The topological polar surface area (TPSA) is 76.4 Å². The average molecular weight is 225 g/mol. The molecule has 90 valence electrons. The van der Waals surface area contributed by atoms with E-state index in [4.69, 9.17) is 10.6 Å². The van der Waals surface area contributed by atoms with Crippen LogP contribution in [0.4, 0.5) is 0 Å². The molecule has 5 heteroatoms. The molecule has 0 spiro atoms. The standard InChI is InChI=1S/C11H19N3O2/c1-3-4-16-14-10-7-13-8(2)5-9(10)6-11(12)15/h3,5,8,10,13-14H,1,4,6-7H2,2H3,(H2,12,15)/t8?,10-/m0/s1. The van der Waals surface area contributed by atoms with E-state index in [9.17, 15) is 4.79 Å². The minimum absolute atomic E-state index is 0.0105. The molecule has 0 saturated carbocycles. The summed E-state index contributed by atoms with van der Waals surface area (Å²) in [4.78, 5) is 16.1. The predicted molar refractivity (Wildman–Crippen MR) is 62.4 cm³/mol. The minimum Gasteiger partial charge on any atom is -0.369 e. The third kappa shape index (κ3) is 4.14. The van der Waals surface area contributed by atoms with Crippen LogP contribution >= 0.6 is 0 Å². The van der Waals surface area contributed by atoms with E-state index in [0.717, 1.165) is 12.1 Å². The number of carbonyl (C=O) groups is 1. The summed E-state index contributed by atoms with van der Waals surface area (Å²) in [5.74, 6) is -0.323. The molecule has 16 heavy (non-hydrogen) atoms. The summed E-state index contributed by atoms with van der Waals surface area (Å²) in [6, 6.07) is 0.246. The normalized spacial score (nSPS) is 24.9. The Morgan fingerprint density at radius 2 is 2.62 bits per heavy atom. The minimum atomic E-state index is -0.323. The van der Waals surface area contributed by atoms with Crippen molar-refractivity contribution < 1.29 is 9.63 Å². The van der Waals surface area contributed by atoms with Crippen LogP contribution in [0.2, 0.25) is 0 Å². The van der Waals surface area contributed by atoms with Gasteiger partial charge in [-0.25, -0.2) is 0 Å². The van der Waals surface area contributed by atoms with Crippen molar-refractivity contribution in [1.82, 2.24) is 10.8 Å². The predicted octanol–water partition coefficient (Wildman–Crippen LogP) is -0.144. The van der Waals surface area contributed by atoms with Crippen molar-refractivity contribution in [3.63, 3.8) is 0 Å². The van der Waals surface area contributed by atoms with Gasteiger partial charge in [-0.3, -0.25) is 9.63 Å². The quantitative estimate of drug-likeness (QED) is 0.334. The number of hydrogen-bond acceptors (Lipinski definition) is 4. The Hall–Kier alpha value is -1.17. The first-order valence-corrected chi connectivity index (χ1v) is 5.34. The molecule has 0 aromatic rings. The summed E-state index contributed by atoms with van der Waals surface area (Å²) >= 11 is 0. The van der Waals surface area contributed by atoms with E-state index < -0.39 is 0 Å². The Bertz CT molecular complexity index is 289. The van der Waals surface area contributed by atoms with Crippen molar-refractivity contribution in [2.24, 2.45) is 5.73 Å². The Morgan fingerprint density at radius 1 is 1.88 bits per heavy atom. The second kappa shape index (κ2) is 6.42. The van der Waals surface area contributed by atoms with E-state index >= 15 is 0 Å². The van der Waals surface area contributed by atoms with Crippen LogP contribution in [-0.2, 0) is 9.63 Å². The number of rotatable bonds is 6. The first-order valence-electron chi connectivity index (χ1n) is 5.34. The molecular weight excluding hydrogens is 206 g/mol. The maximum atomic E-state index is 10.9. The van der Waals surface area contributed by atoms with Gasteiger partial charge < -0.3 is 11.1 Å². The van der Waals surface area contributed by atoms with Crippen LogP contribution in [-0.4, -0.2) is 31.1 Å². The maximum absolute atomic E-state index is 10.9. The molecule has 0 fully saturated rings. The van der Waals surface area contributed by atoms with Gasteiger partial charge in [-0.05, 0) is 12.5 Å². The maximum Gasteiger partial charge on any atom is 0.221 e. The van der Waals surface area contributed by atoms with Gasteiger partial charge in [-0.1, -0.05) is 12.2 Å². The summed E-state index contributed by atoms with van der Waals surface area (Å²) in [6.07, 6.45) is 3.92. The smallest absolute Gasteiger partial charge is 0.221 e. The molecule has 1 heterocycles. The number of nitrogens with two attached hydrogens (primary N) is 1. The van der Waals surface area contributed by atoms with Crippen molar-refractivity contribution in [2.75, 3.05) is 13.2 Å². The molecule has 4 N–H and O–H groups in total. The van der Waals surface area contributed by atoms with E-state index in [1.54, 1.807) is 6.08 Å². The largest absolute Gasteiger partial charge is 0.369 e. The molecule has 0 saturated heterocycles. The highest BCUT2D eigenvalue weighted by atomic mass is 16.6. The Labute approximate surface area is 95.7 Å². The lowest BCUT2D eigenvalue weighted by Gasteiger charge is -2.28. The molecule has 1 aliphatic rings. The molecule has 1 unspecified atom stereocenters. The zero-order chi connectivity index (χ0) is 12.0. The lowest BCUT2D eigenvalue weighted by Crippen LogP contribution is -2.47. The number of nitrogens with one attached hydrogen (secondary N) is 2. The number of hydroxylamine groups is 1.